The number of amides is 1. The van der Waals surface area contributed by atoms with Crippen LogP contribution in [0, 0.1) is 32.1 Å². The first-order chi connectivity index (χ1) is 12.1. The molecule has 1 aromatic carbocycles. The minimum atomic E-state index is -3.64. The highest BCUT2D eigenvalue weighted by molar-refractivity contribution is 8.00. The molecule has 26 heavy (non-hydrogen) atoms. The van der Waals surface area contributed by atoms with Crippen molar-refractivity contribution in [1.82, 2.24) is 4.98 Å². The van der Waals surface area contributed by atoms with Gasteiger partial charge in [-0.15, -0.1) is 0 Å². The number of aryl methyl sites for hydroxylation is 3. The Hall–Kier alpha value is -2.17. The van der Waals surface area contributed by atoms with Gasteiger partial charge in [-0.2, -0.15) is 14.0 Å². The number of carbonyl (C=O) groups is 1. The van der Waals surface area contributed by atoms with E-state index >= 15 is 0 Å². The van der Waals surface area contributed by atoms with E-state index in [0.29, 0.717) is 11.3 Å². The first kappa shape index (κ1) is 20.1. The predicted octanol–water partition coefficient (Wildman–Crippen LogP) is 4.90. The van der Waals surface area contributed by atoms with Crippen molar-refractivity contribution in [3.05, 3.63) is 52.2 Å². The number of halogens is 3. The van der Waals surface area contributed by atoms with Crippen LogP contribution in [0.1, 0.15) is 27.9 Å². The summed E-state index contributed by atoms with van der Waals surface area (Å²) < 4.78 is 26.7. The van der Waals surface area contributed by atoms with Gasteiger partial charge < -0.3 is 5.32 Å². The molecular formula is C18H16ClF2N3OS. The fourth-order valence-electron chi connectivity index (χ4n) is 2.22. The van der Waals surface area contributed by atoms with Gasteiger partial charge in [0, 0.05) is 5.69 Å². The summed E-state index contributed by atoms with van der Waals surface area (Å²) in [4.78, 5) is 16.0. The number of nitriles is 1. The number of hydrogen-bond acceptors (Lipinski definition) is 4. The van der Waals surface area contributed by atoms with Crippen LogP contribution >= 0.6 is 23.4 Å². The highest BCUT2D eigenvalue weighted by Gasteiger charge is 2.31. The molecule has 8 heteroatoms. The Bertz CT molecular complexity index is 891. The van der Waals surface area contributed by atoms with Crippen LogP contribution in [-0.4, -0.2) is 16.6 Å². The Labute approximate surface area is 159 Å². The van der Waals surface area contributed by atoms with E-state index in [0.717, 1.165) is 29.0 Å². The summed E-state index contributed by atoms with van der Waals surface area (Å²) in [6.45, 7) is 5.30. The van der Waals surface area contributed by atoms with Crippen LogP contribution in [0.15, 0.2) is 29.3 Å². The van der Waals surface area contributed by atoms with Gasteiger partial charge in [-0.3, -0.25) is 4.79 Å². The summed E-state index contributed by atoms with van der Waals surface area (Å²) >= 11 is 5.95. The summed E-state index contributed by atoms with van der Waals surface area (Å²) in [7, 11) is 0. The van der Waals surface area contributed by atoms with Gasteiger partial charge in [0.2, 0.25) is 5.91 Å². The number of carbonyl (C=O) groups excluding carboxylic acids is 1. The van der Waals surface area contributed by atoms with Crippen LogP contribution in [0.5, 0.6) is 0 Å². The molecule has 0 fully saturated rings. The predicted molar refractivity (Wildman–Crippen MR) is 98.7 cm³/mol. The Morgan fingerprint density at radius 1 is 1.31 bits per heavy atom. The highest BCUT2D eigenvalue weighted by atomic mass is 35.5. The van der Waals surface area contributed by atoms with Crippen molar-refractivity contribution in [1.29, 1.82) is 5.26 Å². The Balaban J connectivity index is 2.18. The van der Waals surface area contributed by atoms with Crippen LogP contribution in [0.2, 0.25) is 0 Å². The van der Waals surface area contributed by atoms with E-state index in [1.807, 2.05) is 38.1 Å². The minimum Gasteiger partial charge on any atom is -0.325 e. The monoisotopic (exact) mass is 395 g/mol. The molecule has 0 saturated carbocycles. The molecule has 0 radical (unpaired) electrons. The van der Waals surface area contributed by atoms with E-state index in [-0.39, 0.29) is 22.2 Å². The molecule has 1 amide bonds. The van der Waals surface area contributed by atoms with E-state index in [4.69, 9.17) is 11.6 Å². The van der Waals surface area contributed by atoms with Gasteiger partial charge in [-0.25, -0.2) is 4.98 Å². The molecule has 0 aliphatic heterocycles. The number of thioether (sulfide) groups is 1. The highest BCUT2D eigenvalue weighted by Crippen LogP contribution is 2.34. The van der Waals surface area contributed by atoms with Crippen molar-refractivity contribution >= 4 is 35.0 Å². The van der Waals surface area contributed by atoms with Crippen molar-refractivity contribution in [2.75, 3.05) is 11.1 Å². The molecule has 4 nitrogen and oxygen atoms in total. The first-order valence-electron chi connectivity index (χ1n) is 7.60. The van der Waals surface area contributed by atoms with E-state index < -0.39 is 11.1 Å². The second kappa shape index (κ2) is 8.02. The molecular weight excluding hydrogens is 380 g/mol. The first-order valence-corrected chi connectivity index (χ1v) is 8.97. The lowest BCUT2D eigenvalue weighted by Gasteiger charge is -2.13. The fraction of sp³-hybridized carbons (Fsp3) is 0.278. The third-order valence-electron chi connectivity index (χ3n) is 3.59. The van der Waals surface area contributed by atoms with Gasteiger partial charge in [0.15, 0.2) is 0 Å². The molecule has 0 spiro atoms. The lowest BCUT2D eigenvalue weighted by molar-refractivity contribution is -0.113. The van der Waals surface area contributed by atoms with Gasteiger partial charge in [-0.1, -0.05) is 23.9 Å². The van der Waals surface area contributed by atoms with Crippen LogP contribution in [0.25, 0.3) is 0 Å². The van der Waals surface area contributed by atoms with Crippen molar-refractivity contribution in [3.63, 3.8) is 0 Å². The number of nitrogens with zero attached hydrogens (tertiary/aromatic N) is 2. The number of pyridine rings is 1. The SMILES string of the molecule is Cc1ccc(C)c(NC(=O)CSc2nc(C(F)(F)Cl)cc(C)c2C#N)c1. The van der Waals surface area contributed by atoms with E-state index in [1.165, 1.54) is 6.92 Å². The lowest BCUT2D eigenvalue weighted by Crippen LogP contribution is -2.16. The summed E-state index contributed by atoms with van der Waals surface area (Å²) in [5.41, 5.74) is 2.42. The molecule has 0 aliphatic rings. The molecule has 1 heterocycles. The van der Waals surface area contributed by atoms with Crippen molar-refractivity contribution in [3.8, 4) is 6.07 Å². The molecule has 0 atom stereocenters. The zero-order valence-corrected chi connectivity index (χ0v) is 15.9. The number of alkyl halides is 3. The van der Waals surface area contributed by atoms with Gasteiger partial charge in [0.1, 0.15) is 16.8 Å². The average Bonchev–Trinajstić information content (AvgIpc) is 2.55. The maximum absolute atomic E-state index is 13.4. The molecule has 0 saturated heterocycles. The Morgan fingerprint density at radius 2 is 2.00 bits per heavy atom. The smallest absolute Gasteiger partial charge is 0.325 e. The average molecular weight is 396 g/mol. The number of benzene rings is 1. The number of rotatable bonds is 5. The van der Waals surface area contributed by atoms with Gasteiger partial charge in [-0.05, 0) is 61.2 Å². The normalized spacial score (nSPS) is 11.1. The topological polar surface area (TPSA) is 65.8 Å². The van der Waals surface area contributed by atoms with Gasteiger partial charge in [0.25, 0.3) is 0 Å². The largest absolute Gasteiger partial charge is 0.364 e. The molecule has 2 rings (SSSR count). The fourth-order valence-corrected chi connectivity index (χ4v) is 3.17. The molecule has 136 valence electrons. The van der Waals surface area contributed by atoms with Crippen LogP contribution in [-0.2, 0) is 10.2 Å². The van der Waals surface area contributed by atoms with E-state index in [2.05, 4.69) is 10.3 Å². The van der Waals surface area contributed by atoms with Gasteiger partial charge >= 0.3 is 5.38 Å². The van der Waals surface area contributed by atoms with Crippen molar-refractivity contribution in [2.45, 2.75) is 31.2 Å². The maximum atomic E-state index is 13.4. The van der Waals surface area contributed by atoms with E-state index in [9.17, 15) is 18.8 Å². The maximum Gasteiger partial charge on any atom is 0.364 e. The summed E-state index contributed by atoms with van der Waals surface area (Å²) in [6.07, 6.45) is 0. The molecule has 0 aliphatic carbocycles. The minimum absolute atomic E-state index is 0.0546. The van der Waals surface area contributed by atoms with Crippen LogP contribution in [0.3, 0.4) is 0 Å². The zero-order chi connectivity index (χ0) is 19.5. The number of anilines is 1. The second-order valence-corrected chi connectivity index (χ2v) is 7.21. The third kappa shape index (κ3) is 4.93. The standard InChI is InChI=1S/C18H16ClF2N3OS/c1-10-4-5-11(2)14(6-10)23-16(25)9-26-17-13(8-22)12(3)7-15(24-17)18(19,20)21/h4-7H,9H2,1-3H3,(H,23,25). The molecule has 1 aromatic heterocycles. The lowest BCUT2D eigenvalue weighted by atomic mass is 10.1. The molecule has 0 unspecified atom stereocenters. The van der Waals surface area contributed by atoms with Crippen LogP contribution < -0.4 is 5.32 Å². The zero-order valence-electron chi connectivity index (χ0n) is 14.4. The quantitative estimate of drug-likeness (QED) is 0.577. The number of nitrogens with one attached hydrogen (secondary N) is 1. The molecule has 0 bridgehead atoms. The third-order valence-corrected chi connectivity index (χ3v) is 4.76. The molecule has 2 aromatic rings. The summed E-state index contributed by atoms with van der Waals surface area (Å²) in [6, 6.07) is 8.67. The number of aromatic nitrogens is 1. The van der Waals surface area contributed by atoms with Crippen molar-refractivity contribution in [2.24, 2.45) is 0 Å². The number of hydrogen-bond donors (Lipinski definition) is 1. The van der Waals surface area contributed by atoms with Gasteiger partial charge in [0.05, 0.1) is 11.3 Å². The van der Waals surface area contributed by atoms with Crippen LogP contribution in [0.4, 0.5) is 14.5 Å². The summed E-state index contributed by atoms with van der Waals surface area (Å²) in [5, 5.41) is 8.42. The van der Waals surface area contributed by atoms with E-state index in [1.54, 1.807) is 0 Å². The Kier molecular flexibility index (Phi) is 6.21. The Morgan fingerprint density at radius 3 is 2.62 bits per heavy atom. The molecule has 1 N–H and O–H groups in total. The second-order valence-electron chi connectivity index (χ2n) is 5.77. The van der Waals surface area contributed by atoms with Crippen molar-refractivity contribution < 1.29 is 13.6 Å². The summed E-state index contributed by atoms with van der Waals surface area (Å²) in [5.74, 6) is -0.402.